The normalized spacial score (nSPS) is 19.4. The number of nitrogens with one attached hydrogen (secondary N) is 1. The molecular weight excluding hydrogens is 470 g/mol. The number of carbonyl (C=O) groups excluding carboxylic acids is 3. The molecule has 0 atom stereocenters. The number of ether oxygens (including phenoxy) is 1. The predicted molar refractivity (Wildman–Crippen MR) is 141 cm³/mol. The standard InChI is InChI=1S/C28H35N5O4/c1-2-22-8-6-7-11-24(22)29-27(36)31-14-12-28(13-15-31)26(35)32(20-25(34)30-16-18-37-19-17-30)21-33(28)23-9-4-3-5-10-23/h3-11H,2,12-21H2,1H3,(H,29,36). The number of hydrogen-bond donors (Lipinski definition) is 1. The molecule has 0 bridgehead atoms. The van der Waals surface area contributed by atoms with Crippen LogP contribution in [0.5, 0.6) is 0 Å². The minimum absolute atomic E-state index is 0.0330. The van der Waals surface area contributed by atoms with Gasteiger partial charge in [-0.3, -0.25) is 9.59 Å². The SMILES string of the molecule is CCc1ccccc1NC(=O)N1CCC2(CC1)C(=O)N(CC(=O)N1CCOCC1)CN2c1ccccc1. The van der Waals surface area contributed by atoms with Gasteiger partial charge in [0.15, 0.2) is 0 Å². The van der Waals surface area contributed by atoms with E-state index in [-0.39, 0.29) is 24.4 Å². The van der Waals surface area contributed by atoms with E-state index in [1.807, 2.05) is 54.6 Å². The highest BCUT2D eigenvalue weighted by molar-refractivity contribution is 5.97. The molecule has 1 spiro atoms. The first-order valence-electron chi connectivity index (χ1n) is 13.1. The molecule has 3 fully saturated rings. The van der Waals surface area contributed by atoms with E-state index in [0.717, 1.165) is 23.4 Å². The summed E-state index contributed by atoms with van der Waals surface area (Å²) in [5, 5.41) is 3.05. The summed E-state index contributed by atoms with van der Waals surface area (Å²) in [6.45, 7) is 5.56. The van der Waals surface area contributed by atoms with Crippen LogP contribution in [-0.4, -0.2) is 90.7 Å². The van der Waals surface area contributed by atoms with Crippen molar-refractivity contribution in [1.82, 2.24) is 14.7 Å². The molecule has 5 rings (SSSR count). The van der Waals surface area contributed by atoms with Crippen molar-refractivity contribution < 1.29 is 19.1 Å². The molecule has 9 heteroatoms. The van der Waals surface area contributed by atoms with Crippen LogP contribution in [-0.2, 0) is 20.7 Å². The van der Waals surface area contributed by atoms with Crippen molar-refractivity contribution in [3.63, 3.8) is 0 Å². The Kier molecular flexibility index (Phi) is 7.32. The van der Waals surface area contributed by atoms with E-state index in [2.05, 4.69) is 17.1 Å². The highest BCUT2D eigenvalue weighted by atomic mass is 16.5. The quantitative estimate of drug-likeness (QED) is 0.676. The molecule has 2 aromatic rings. The van der Waals surface area contributed by atoms with E-state index in [4.69, 9.17) is 4.74 Å². The largest absolute Gasteiger partial charge is 0.378 e. The van der Waals surface area contributed by atoms with Crippen molar-refractivity contribution in [3.8, 4) is 0 Å². The van der Waals surface area contributed by atoms with Gasteiger partial charge in [0.05, 0.1) is 19.9 Å². The summed E-state index contributed by atoms with van der Waals surface area (Å²) in [5.41, 5.74) is 2.09. The third kappa shape index (κ3) is 5.00. The molecule has 0 aromatic heterocycles. The molecule has 3 saturated heterocycles. The summed E-state index contributed by atoms with van der Waals surface area (Å²) in [5.74, 6) is -0.0811. The van der Waals surface area contributed by atoms with Gasteiger partial charge in [0.2, 0.25) is 5.91 Å². The lowest BCUT2D eigenvalue weighted by atomic mass is 9.85. The van der Waals surface area contributed by atoms with Gasteiger partial charge in [-0.15, -0.1) is 0 Å². The summed E-state index contributed by atoms with van der Waals surface area (Å²) in [6, 6.07) is 17.6. The lowest BCUT2D eigenvalue weighted by Gasteiger charge is -2.43. The summed E-state index contributed by atoms with van der Waals surface area (Å²) in [7, 11) is 0. The molecule has 0 radical (unpaired) electrons. The van der Waals surface area contributed by atoms with Gasteiger partial charge < -0.3 is 29.7 Å². The second-order valence-electron chi connectivity index (χ2n) is 9.86. The van der Waals surface area contributed by atoms with Crippen molar-refractivity contribution in [3.05, 3.63) is 60.2 Å². The topological polar surface area (TPSA) is 85.4 Å². The van der Waals surface area contributed by atoms with Gasteiger partial charge in [0.1, 0.15) is 12.1 Å². The zero-order valence-corrected chi connectivity index (χ0v) is 21.4. The number of urea groups is 1. The van der Waals surface area contributed by atoms with Gasteiger partial charge in [-0.05, 0) is 43.0 Å². The Hall–Kier alpha value is -3.59. The summed E-state index contributed by atoms with van der Waals surface area (Å²) in [6.07, 6.45) is 1.84. The summed E-state index contributed by atoms with van der Waals surface area (Å²) >= 11 is 0. The van der Waals surface area contributed by atoms with Gasteiger partial charge in [0.25, 0.3) is 5.91 Å². The number of aryl methyl sites for hydroxylation is 1. The van der Waals surface area contributed by atoms with Gasteiger partial charge in [0, 0.05) is 37.6 Å². The van der Waals surface area contributed by atoms with Gasteiger partial charge in [-0.2, -0.15) is 0 Å². The number of anilines is 2. The van der Waals surface area contributed by atoms with Gasteiger partial charge in [-0.1, -0.05) is 43.3 Å². The smallest absolute Gasteiger partial charge is 0.321 e. The minimum Gasteiger partial charge on any atom is -0.378 e. The molecular formula is C28H35N5O4. The average Bonchev–Trinajstić information content (AvgIpc) is 3.20. The molecule has 196 valence electrons. The molecule has 2 aromatic carbocycles. The van der Waals surface area contributed by atoms with E-state index in [1.165, 1.54) is 0 Å². The molecule has 3 aliphatic rings. The Balaban J connectivity index is 1.31. The number of para-hydroxylation sites is 2. The number of carbonyl (C=O) groups is 3. The number of piperidine rings is 1. The summed E-state index contributed by atoms with van der Waals surface area (Å²) < 4.78 is 5.37. The number of hydrogen-bond acceptors (Lipinski definition) is 5. The van der Waals surface area contributed by atoms with E-state index in [0.29, 0.717) is 58.9 Å². The Labute approximate surface area is 217 Å². The number of rotatable bonds is 5. The maximum Gasteiger partial charge on any atom is 0.321 e. The molecule has 4 amide bonds. The maximum atomic E-state index is 13.9. The van der Waals surface area contributed by atoms with Crippen LogP contribution in [0.4, 0.5) is 16.2 Å². The van der Waals surface area contributed by atoms with Crippen LogP contribution in [0.15, 0.2) is 54.6 Å². The van der Waals surface area contributed by atoms with E-state index < -0.39 is 5.54 Å². The monoisotopic (exact) mass is 505 g/mol. The third-order valence-corrected chi connectivity index (χ3v) is 7.79. The second kappa shape index (κ2) is 10.8. The van der Waals surface area contributed by atoms with E-state index >= 15 is 0 Å². The maximum absolute atomic E-state index is 13.9. The van der Waals surface area contributed by atoms with Gasteiger partial charge in [-0.25, -0.2) is 4.79 Å². The number of nitrogens with zero attached hydrogens (tertiary/aromatic N) is 4. The Morgan fingerprint density at radius 2 is 1.59 bits per heavy atom. The van der Waals surface area contributed by atoms with Crippen molar-refractivity contribution >= 4 is 29.2 Å². The van der Waals surface area contributed by atoms with E-state index in [9.17, 15) is 14.4 Å². The first kappa shape index (κ1) is 25.1. The fraction of sp³-hybridized carbons (Fsp3) is 0.464. The fourth-order valence-corrected chi connectivity index (χ4v) is 5.62. The van der Waals surface area contributed by atoms with Crippen LogP contribution in [0.1, 0.15) is 25.3 Å². The van der Waals surface area contributed by atoms with Crippen LogP contribution in [0.3, 0.4) is 0 Å². The zero-order valence-electron chi connectivity index (χ0n) is 21.4. The molecule has 0 saturated carbocycles. The molecule has 0 aliphatic carbocycles. The van der Waals surface area contributed by atoms with Crippen LogP contribution < -0.4 is 10.2 Å². The zero-order chi connectivity index (χ0) is 25.8. The van der Waals surface area contributed by atoms with E-state index in [1.54, 1.807) is 14.7 Å². The number of amides is 4. The first-order chi connectivity index (χ1) is 18.0. The Morgan fingerprint density at radius 3 is 2.30 bits per heavy atom. The molecule has 37 heavy (non-hydrogen) atoms. The molecule has 0 unspecified atom stereocenters. The van der Waals surface area contributed by atoms with Crippen molar-refractivity contribution in [2.24, 2.45) is 0 Å². The van der Waals surface area contributed by atoms with Crippen LogP contribution in [0.2, 0.25) is 0 Å². The Morgan fingerprint density at radius 1 is 0.919 bits per heavy atom. The van der Waals surface area contributed by atoms with Crippen molar-refractivity contribution in [1.29, 1.82) is 0 Å². The predicted octanol–water partition coefficient (Wildman–Crippen LogP) is 2.78. The van der Waals surface area contributed by atoms with Crippen LogP contribution >= 0.6 is 0 Å². The minimum atomic E-state index is -0.773. The lowest BCUT2D eigenvalue weighted by molar-refractivity contribution is -0.143. The summed E-state index contributed by atoms with van der Waals surface area (Å²) in [4.78, 5) is 47.4. The number of likely N-dealkylation sites (tertiary alicyclic amines) is 1. The number of morpholine rings is 1. The fourth-order valence-electron chi connectivity index (χ4n) is 5.62. The van der Waals surface area contributed by atoms with Gasteiger partial charge >= 0.3 is 6.03 Å². The number of benzene rings is 2. The van der Waals surface area contributed by atoms with Crippen molar-refractivity contribution in [2.45, 2.75) is 31.7 Å². The highest BCUT2D eigenvalue weighted by Gasteiger charge is 2.54. The first-order valence-corrected chi connectivity index (χ1v) is 13.1. The highest BCUT2D eigenvalue weighted by Crippen LogP contribution is 2.39. The average molecular weight is 506 g/mol. The van der Waals surface area contributed by atoms with Crippen molar-refractivity contribution in [2.75, 3.05) is 62.8 Å². The van der Waals surface area contributed by atoms with Crippen LogP contribution in [0.25, 0.3) is 0 Å². The molecule has 1 N–H and O–H groups in total. The second-order valence-corrected chi connectivity index (χ2v) is 9.86. The third-order valence-electron chi connectivity index (χ3n) is 7.79. The molecule has 9 nitrogen and oxygen atoms in total. The lowest BCUT2D eigenvalue weighted by Crippen LogP contribution is -2.58. The molecule has 3 heterocycles. The molecule has 3 aliphatic heterocycles. The van der Waals surface area contributed by atoms with Crippen LogP contribution in [0, 0.1) is 0 Å². The Bertz CT molecular complexity index is 1130.